The quantitative estimate of drug-likeness (QED) is 0.809. The second-order valence-electron chi connectivity index (χ2n) is 7.18. The van der Waals surface area contributed by atoms with Crippen molar-refractivity contribution in [3.63, 3.8) is 0 Å². The smallest absolute Gasteiger partial charge is 0.408 e. The van der Waals surface area contributed by atoms with E-state index in [-0.39, 0.29) is 6.42 Å². The molecule has 2 rings (SSSR count). The molecule has 0 aliphatic rings. The van der Waals surface area contributed by atoms with Crippen molar-refractivity contribution < 1.29 is 19.1 Å². The van der Waals surface area contributed by atoms with E-state index in [0.29, 0.717) is 6.41 Å². The van der Waals surface area contributed by atoms with Gasteiger partial charge in [-0.25, -0.2) is 4.79 Å². The van der Waals surface area contributed by atoms with Crippen molar-refractivity contribution in [2.45, 2.75) is 45.3 Å². The molecule has 0 fully saturated rings. The lowest BCUT2D eigenvalue weighted by Gasteiger charge is -2.29. The van der Waals surface area contributed by atoms with Gasteiger partial charge in [0.05, 0.1) is 5.52 Å². The average molecular weight is 345 g/mol. The first-order valence-electron chi connectivity index (χ1n) is 7.90. The molecule has 2 amide bonds. The van der Waals surface area contributed by atoms with Crippen LogP contribution in [0.15, 0.2) is 30.5 Å². The summed E-state index contributed by atoms with van der Waals surface area (Å²) in [6.45, 7) is 6.72. The predicted octanol–water partition coefficient (Wildman–Crippen LogP) is 1.99. The van der Waals surface area contributed by atoms with E-state index >= 15 is 0 Å². The number of amides is 2. The van der Waals surface area contributed by atoms with E-state index in [4.69, 9.17) is 10.5 Å². The van der Waals surface area contributed by atoms with Gasteiger partial charge in [0.1, 0.15) is 11.1 Å². The van der Waals surface area contributed by atoms with Crippen molar-refractivity contribution in [1.29, 1.82) is 0 Å². The molecule has 1 heterocycles. The third-order valence-corrected chi connectivity index (χ3v) is 3.80. The Labute approximate surface area is 146 Å². The van der Waals surface area contributed by atoms with Gasteiger partial charge in [0.15, 0.2) is 0 Å². The summed E-state index contributed by atoms with van der Waals surface area (Å²) in [6.07, 6.45) is 1.72. The van der Waals surface area contributed by atoms with Crippen LogP contribution in [0.3, 0.4) is 0 Å². The standard InChI is InChI=1S/C18H23N3O4/c1-17(2,3)25-16(24)20-18(4,15(19)23)9-12-10-21(11-22)14-8-6-5-7-13(12)14/h5-8,10-11H,9H2,1-4H3,(H2,19,23)(H,20,24). The minimum absolute atomic E-state index is 0.128. The maximum Gasteiger partial charge on any atom is 0.408 e. The number of aromatic nitrogens is 1. The molecule has 0 spiro atoms. The van der Waals surface area contributed by atoms with E-state index < -0.39 is 23.1 Å². The summed E-state index contributed by atoms with van der Waals surface area (Å²) in [5, 5.41) is 3.37. The molecular weight excluding hydrogens is 322 g/mol. The van der Waals surface area contributed by atoms with Crippen molar-refractivity contribution in [2.24, 2.45) is 5.73 Å². The Kier molecular flexibility index (Phi) is 4.87. The summed E-state index contributed by atoms with van der Waals surface area (Å²) < 4.78 is 6.65. The summed E-state index contributed by atoms with van der Waals surface area (Å²) in [6, 6.07) is 7.30. The Balaban J connectivity index is 2.35. The lowest BCUT2D eigenvalue weighted by Crippen LogP contribution is -2.57. The van der Waals surface area contributed by atoms with Crippen LogP contribution >= 0.6 is 0 Å². The van der Waals surface area contributed by atoms with Crippen molar-refractivity contribution in [1.82, 2.24) is 9.88 Å². The van der Waals surface area contributed by atoms with Gasteiger partial charge >= 0.3 is 6.09 Å². The minimum Gasteiger partial charge on any atom is -0.444 e. The molecule has 7 nitrogen and oxygen atoms in total. The molecule has 0 radical (unpaired) electrons. The Hall–Kier alpha value is -2.83. The lowest BCUT2D eigenvalue weighted by atomic mass is 9.92. The summed E-state index contributed by atoms with van der Waals surface area (Å²) in [5.74, 6) is -0.693. The van der Waals surface area contributed by atoms with Crippen LogP contribution in [0.4, 0.5) is 4.79 Å². The fraction of sp³-hybridized carbons (Fsp3) is 0.389. The van der Waals surface area contributed by atoms with Crippen LogP contribution in [-0.4, -0.2) is 34.1 Å². The number of ether oxygens (including phenoxy) is 1. The Bertz CT molecular complexity index is 819. The highest BCUT2D eigenvalue weighted by Gasteiger charge is 2.35. The predicted molar refractivity (Wildman–Crippen MR) is 94.8 cm³/mol. The molecule has 0 bridgehead atoms. The third-order valence-electron chi connectivity index (χ3n) is 3.80. The maximum atomic E-state index is 12.1. The number of benzene rings is 1. The number of nitrogens with zero attached hydrogens (tertiary/aromatic N) is 1. The van der Waals surface area contributed by atoms with E-state index in [9.17, 15) is 14.4 Å². The van der Waals surface area contributed by atoms with Gasteiger partial charge in [-0.05, 0) is 39.3 Å². The van der Waals surface area contributed by atoms with Gasteiger partial charge in [-0.15, -0.1) is 0 Å². The van der Waals surface area contributed by atoms with Crippen LogP contribution < -0.4 is 11.1 Å². The second-order valence-corrected chi connectivity index (χ2v) is 7.18. The number of hydrogen-bond acceptors (Lipinski definition) is 4. The molecule has 1 unspecified atom stereocenters. The topological polar surface area (TPSA) is 103 Å². The van der Waals surface area contributed by atoms with Crippen LogP contribution in [-0.2, 0) is 20.7 Å². The van der Waals surface area contributed by atoms with Gasteiger partial charge in [-0.3, -0.25) is 14.2 Å². The summed E-state index contributed by atoms with van der Waals surface area (Å²) >= 11 is 0. The zero-order valence-corrected chi connectivity index (χ0v) is 14.8. The number of carbonyl (C=O) groups excluding carboxylic acids is 3. The average Bonchev–Trinajstić information content (AvgIpc) is 2.83. The molecular formula is C18H23N3O4. The number of rotatable bonds is 5. The minimum atomic E-state index is -1.36. The maximum absolute atomic E-state index is 12.1. The van der Waals surface area contributed by atoms with Gasteiger partial charge in [0, 0.05) is 18.0 Å². The number of nitrogens with one attached hydrogen (secondary N) is 1. The molecule has 2 aromatic rings. The number of hydrogen-bond donors (Lipinski definition) is 2. The highest BCUT2D eigenvalue weighted by Crippen LogP contribution is 2.24. The number of fused-ring (bicyclic) bond motifs is 1. The lowest BCUT2D eigenvalue weighted by molar-refractivity contribution is -0.123. The van der Waals surface area contributed by atoms with Crippen molar-refractivity contribution >= 4 is 29.3 Å². The Morgan fingerprint density at radius 2 is 1.88 bits per heavy atom. The molecule has 0 aliphatic heterocycles. The number of para-hydroxylation sites is 1. The molecule has 3 N–H and O–H groups in total. The Morgan fingerprint density at radius 1 is 1.24 bits per heavy atom. The summed E-state index contributed by atoms with van der Waals surface area (Å²) in [4.78, 5) is 35.4. The number of alkyl carbamates (subject to hydrolysis) is 1. The van der Waals surface area contributed by atoms with E-state index in [1.807, 2.05) is 18.2 Å². The van der Waals surface area contributed by atoms with Crippen LogP contribution in [0.25, 0.3) is 10.9 Å². The molecule has 7 heteroatoms. The van der Waals surface area contributed by atoms with Crippen LogP contribution in [0, 0.1) is 0 Å². The van der Waals surface area contributed by atoms with Gasteiger partial charge in [-0.2, -0.15) is 0 Å². The van der Waals surface area contributed by atoms with Gasteiger partial charge in [0.2, 0.25) is 12.3 Å². The largest absolute Gasteiger partial charge is 0.444 e. The summed E-state index contributed by atoms with van der Waals surface area (Å²) in [5.41, 5.74) is 4.91. The molecule has 0 aliphatic carbocycles. The van der Waals surface area contributed by atoms with E-state index in [2.05, 4.69) is 5.32 Å². The summed E-state index contributed by atoms with van der Waals surface area (Å²) in [7, 11) is 0. The zero-order valence-electron chi connectivity index (χ0n) is 14.8. The van der Waals surface area contributed by atoms with Crippen LogP contribution in [0.1, 0.15) is 33.3 Å². The number of nitrogens with two attached hydrogens (primary N) is 1. The van der Waals surface area contributed by atoms with Crippen molar-refractivity contribution in [2.75, 3.05) is 0 Å². The van der Waals surface area contributed by atoms with Crippen molar-refractivity contribution in [3.05, 3.63) is 36.0 Å². The van der Waals surface area contributed by atoms with Crippen LogP contribution in [0.2, 0.25) is 0 Å². The van der Waals surface area contributed by atoms with Gasteiger partial charge in [0.25, 0.3) is 0 Å². The van der Waals surface area contributed by atoms with E-state index in [1.165, 1.54) is 11.5 Å². The first-order chi connectivity index (χ1) is 11.6. The molecule has 1 atom stereocenters. The molecule has 134 valence electrons. The molecule has 0 saturated heterocycles. The SMILES string of the molecule is CC(C)(C)OC(=O)NC(C)(Cc1cn(C=O)c2ccccc12)C(N)=O. The normalized spacial score (nSPS) is 13.9. The molecule has 25 heavy (non-hydrogen) atoms. The number of primary amides is 1. The third kappa shape index (κ3) is 4.17. The fourth-order valence-electron chi connectivity index (χ4n) is 2.61. The second kappa shape index (κ2) is 6.58. The first kappa shape index (κ1) is 18.5. The number of carbonyl (C=O) groups is 3. The molecule has 0 saturated carbocycles. The zero-order chi connectivity index (χ0) is 18.8. The first-order valence-corrected chi connectivity index (χ1v) is 7.90. The van der Waals surface area contributed by atoms with Gasteiger partial charge < -0.3 is 15.8 Å². The monoisotopic (exact) mass is 345 g/mol. The van der Waals surface area contributed by atoms with E-state index in [0.717, 1.165) is 16.5 Å². The highest BCUT2D eigenvalue weighted by molar-refractivity contribution is 5.92. The van der Waals surface area contributed by atoms with E-state index in [1.54, 1.807) is 33.0 Å². The molecule has 1 aromatic heterocycles. The van der Waals surface area contributed by atoms with Crippen LogP contribution in [0.5, 0.6) is 0 Å². The molecule has 1 aromatic carbocycles. The van der Waals surface area contributed by atoms with Gasteiger partial charge in [-0.1, -0.05) is 18.2 Å². The Morgan fingerprint density at radius 3 is 2.44 bits per heavy atom. The highest BCUT2D eigenvalue weighted by atomic mass is 16.6. The fourth-order valence-corrected chi connectivity index (χ4v) is 2.61. The van der Waals surface area contributed by atoms with Crippen molar-refractivity contribution in [3.8, 4) is 0 Å².